The van der Waals surface area contributed by atoms with Gasteiger partial charge in [0.25, 0.3) is 5.91 Å². The number of imide groups is 1. The summed E-state index contributed by atoms with van der Waals surface area (Å²) in [5.41, 5.74) is 0. The van der Waals surface area contributed by atoms with Gasteiger partial charge in [0.2, 0.25) is 10.0 Å². The van der Waals surface area contributed by atoms with Gasteiger partial charge in [-0.05, 0) is 11.8 Å². The van der Waals surface area contributed by atoms with Gasteiger partial charge in [-0.15, -0.1) is 0 Å². The van der Waals surface area contributed by atoms with E-state index in [0.717, 1.165) is 6.26 Å². The van der Waals surface area contributed by atoms with Crippen LogP contribution in [0.3, 0.4) is 0 Å². The Morgan fingerprint density at radius 1 is 1.33 bits per heavy atom. The molecule has 1 saturated heterocycles. The molecule has 0 N–H and O–H groups in total. The Hall–Kier alpha value is -1.02. The summed E-state index contributed by atoms with van der Waals surface area (Å²) >= 11 is 0.615. The average molecular weight is 250 g/mol. The number of sulfonamides is 1. The molecule has 8 heteroatoms. The average Bonchev–Trinajstić information content (AvgIpc) is 2.23. The van der Waals surface area contributed by atoms with Crippen molar-refractivity contribution in [3.05, 3.63) is 11.1 Å². The Balaban J connectivity index is 3.10. The van der Waals surface area contributed by atoms with Crippen LogP contribution < -0.4 is 0 Å². The van der Waals surface area contributed by atoms with Crippen LogP contribution in [0.15, 0.2) is 11.1 Å². The summed E-state index contributed by atoms with van der Waals surface area (Å²) in [6.07, 6.45) is 2.23. The molecule has 0 saturated carbocycles. The summed E-state index contributed by atoms with van der Waals surface area (Å²) < 4.78 is 22.5. The van der Waals surface area contributed by atoms with Gasteiger partial charge in [-0.2, -0.15) is 4.31 Å². The van der Waals surface area contributed by atoms with E-state index in [1.54, 1.807) is 19.0 Å². The van der Waals surface area contributed by atoms with Gasteiger partial charge in [-0.3, -0.25) is 9.59 Å². The minimum Gasteiger partial charge on any atom is -0.382 e. The van der Waals surface area contributed by atoms with Crippen LogP contribution in [0.25, 0.3) is 0 Å². The van der Waals surface area contributed by atoms with E-state index in [9.17, 15) is 18.0 Å². The van der Waals surface area contributed by atoms with Crippen LogP contribution in [0.1, 0.15) is 0 Å². The van der Waals surface area contributed by atoms with E-state index in [4.69, 9.17) is 0 Å². The van der Waals surface area contributed by atoms with Gasteiger partial charge in [0, 0.05) is 20.3 Å². The van der Waals surface area contributed by atoms with Crippen molar-refractivity contribution in [3.63, 3.8) is 0 Å². The third kappa shape index (κ3) is 2.51. The van der Waals surface area contributed by atoms with E-state index >= 15 is 0 Å². The predicted molar refractivity (Wildman–Crippen MR) is 56.4 cm³/mol. The minimum atomic E-state index is -3.82. The largest absolute Gasteiger partial charge is 0.382 e. The lowest BCUT2D eigenvalue weighted by molar-refractivity contribution is -0.119. The highest BCUT2D eigenvalue weighted by Gasteiger charge is 2.41. The van der Waals surface area contributed by atoms with Gasteiger partial charge in [0.05, 0.1) is 11.2 Å². The molecule has 0 aromatic rings. The third-order valence-corrected chi connectivity index (χ3v) is 3.43. The summed E-state index contributed by atoms with van der Waals surface area (Å²) in [5.74, 6) is -0.791. The third-order valence-electron chi connectivity index (χ3n) is 1.47. The quantitative estimate of drug-likeness (QED) is 0.644. The molecule has 0 unspecified atom stereocenters. The zero-order valence-corrected chi connectivity index (χ0v) is 10.1. The van der Waals surface area contributed by atoms with Gasteiger partial charge >= 0.3 is 5.24 Å². The highest BCUT2D eigenvalue weighted by atomic mass is 32.2. The lowest BCUT2D eigenvalue weighted by Crippen LogP contribution is -2.33. The van der Waals surface area contributed by atoms with E-state index in [2.05, 4.69) is 0 Å². The van der Waals surface area contributed by atoms with Crippen molar-refractivity contribution in [2.75, 3.05) is 20.4 Å². The first-order valence-electron chi connectivity index (χ1n) is 3.88. The number of carbonyl (C=O) groups excluding carboxylic acids is 2. The molecule has 15 heavy (non-hydrogen) atoms. The molecule has 2 amide bonds. The molecule has 0 radical (unpaired) electrons. The van der Waals surface area contributed by atoms with Crippen molar-refractivity contribution in [3.8, 4) is 0 Å². The summed E-state index contributed by atoms with van der Waals surface area (Å²) in [7, 11) is -0.466. The standard InChI is InChI=1S/C7H10N2O4S2/c1-8(2)4-5-6(10)9(7(11)14-5)15(3,12)13/h4H,1-3H3. The van der Waals surface area contributed by atoms with E-state index in [1.807, 2.05) is 0 Å². The summed E-state index contributed by atoms with van der Waals surface area (Å²) in [6, 6.07) is 0. The molecular weight excluding hydrogens is 240 g/mol. The molecule has 0 spiro atoms. The van der Waals surface area contributed by atoms with Gasteiger partial charge in [-0.1, -0.05) is 0 Å². The van der Waals surface area contributed by atoms with Crippen molar-refractivity contribution < 1.29 is 18.0 Å². The fourth-order valence-corrected chi connectivity index (χ4v) is 3.01. The normalized spacial score (nSPS) is 20.2. The molecule has 84 valence electrons. The number of rotatable bonds is 2. The Bertz CT molecular complexity index is 438. The van der Waals surface area contributed by atoms with Crippen LogP contribution in [0.2, 0.25) is 0 Å². The van der Waals surface area contributed by atoms with Crippen LogP contribution in [-0.4, -0.2) is 49.1 Å². The lowest BCUT2D eigenvalue weighted by atomic mass is 10.5. The molecule has 0 aromatic heterocycles. The number of carbonyl (C=O) groups is 2. The second-order valence-electron chi connectivity index (χ2n) is 3.16. The Morgan fingerprint density at radius 2 is 1.87 bits per heavy atom. The number of hydrogen-bond acceptors (Lipinski definition) is 6. The lowest BCUT2D eigenvalue weighted by Gasteiger charge is -2.08. The summed E-state index contributed by atoms with van der Waals surface area (Å²) in [6.45, 7) is 0. The van der Waals surface area contributed by atoms with E-state index in [1.165, 1.54) is 6.20 Å². The smallest absolute Gasteiger partial charge is 0.307 e. The maximum Gasteiger partial charge on any atom is 0.307 e. The Morgan fingerprint density at radius 3 is 2.20 bits per heavy atom. The number of amides is 2. The van der Waals surface area contributed by atoms with Crippen molar-refractivity contribution in [1.82, 2.24) is 9.21 Å². The second-order valence-corrected chi connectivity index (χ2v) is 5.98. The fourth-order valence-electron chi connectivity index (χ4n) is 0.964. The topological polar surface area (TPSA) is 74.8 Å². The molecular formula is C7H10N2O4S2. The van der Waals surface area contributed by atoms with Gasteiger partial charge in [-0.25, -0.2) is 8.42 Å². The van der Waals surface area contributed by atoms with Crippen LogP contribution >= 0.6 is 11.8 Å². The van der Waals surface area contributed by atoms with Crippen molar-refractivity contribution in [1.29, 1.82) is 0 Å². The van der Waals surface area contributed by atoms with Crippen LogP contribution in [-0.2, 0) is 14.8 Å². The molecule has 1 heterocycles. The second kappa shape index (κ2) is 3.86. The van der Waals surface area contributed by atoms with E-state index in [0.29, 0.717) is 11.8 Å². The number of nitrogens with zero attached hydrogens (tertiary/aromatic N) is 2. The van der Waals surface area contributed by atoms with Gasteiger partial charge in [0.1, 0.15) is 0 Å². The first-order valence-corrected chi connectivity index (χ1v) is 6.54. The Labute approximate surface area is 92.0 Å². The summed E-state index contributed by atoms with van der Waals surface area (Å²) in [4.78, 5) is 24.4. The molecule has 1 rings (SSSR count). The maximum absolute atomic E-state index is 11.5. The van der Waals surface area contributed by atoms with E-state index < -0.39 is 21.2 Å². The first-order chi connectivity index (χ1) is 6.73. The van der Waals surface area contributed by atoms with E-state index in [-0.39, 0.29) is 9.21 Å². The maximum atomic E-state index is 11.5. The zero-order chi connectivity index (χ0) is 11.8. The first kappa shape index (κ1) is 12.1. The van der Waals surface area contributed by atoms with Crippen LogP contribution in [0.4, 0.5) is 4.79 Å². The molecule has 0 bridgehead atoms. The van der Waals surface area contributed by atoms with Gasteiger partial charge in [0.15, 0.2) is 0 Å². The molecule has 0 aromatic carbocycles. The molecule has 1 aliphatic heterocycles. The monoisotopic (exact) mass is 250 g/mol. The number of hydrogen-bond donors (Lipinski definition) is 0. The molecule has 0 aliphatic carbocycles. The molecule has 6 nitrogen and oxygen atoms in total. The molecule has 1 aliphatic rings. The van der Waals surface area contributed by atoms with Gasteiger partial charge < -0.3 is 4.90 Å². The van der Waals surface area contributed by atoms with Crippen LogP contribution in [0, 0.1) is 0 Å². The molecule has 0 atom stereocenters. The Kier molecular flexibility index (Phi) is 3.10. The minimum absolute atomic E-state index is 0.107. The van der Waals surface area contributed by atoms with Crippen LogP contribution in [0.5, 0.6) is 0 Å². The zero-order valence-electron chi connectivity index (χ0n) is 8.42. The van der Waals surface area contributed by atoms with Crippen molar-refractivity contribution >= 4 is 32.9 Å². The fraction of sp³-hybridized carbons (Fsp3) is 0.429. The summed E-state index contributed by atoms with van der Waals surface area (Å²) in [5, 5.41) is -0.782. The van der Waals surface area contributed by atoms with Crippen molar-refractivity contribution in [2.45, 2.75) is 0 Å². The highest BCUT2D eigenvalue weighted by molar-refractivity contribution is 8.19. The SMILES string of the molecule is CN(C)C=C1SC(=O)N(S(C)(=O)=O)C1=O. The van der Waals surface area contributed by atoms with Crippen molar-refractivity contribution in [2.24, 2.45) is 0 Å². The number of thioether (sulfide) groups is 1. The molecule has 1 fully saturated rings. The highest BCUT2D eigenvalue weighted by Crippen LogP contribution is 2.32. The predicted octanol–water partition coefficient (Wildman–Crippen LogP) is 0.0444.